The molecule has 0 spiro atoms. The van der Waals surface area contributed by atoms with E-state index in [0.717, 1.165) is 0 Å². The minimum absolute atomic E-state index is 0.101. The molecule has 4 N–H and O–H groups in total. The third kappa shape index (κ3) is 4.89. The van der Waals surface area contributed by atoms with Gasteiger partial charge in [0.05, 0.1) is 12.7 Å². The summed E-state index contributed by atoms with van der Waals surface area (Å²) in [7, 11) is 3.03. The van der Waals surface area contributed by atoms with Gasteiger partial charge in [-0.1, -0.05) is 19.0 Å². The van der Waals surface area contributed by atoms with Crippen LogP contribution in [0.15, 0.2) is 5.16 Å². The number of amidine groups is 1. The number of aliphatic hydroxyl groups is 1. The molecule has 0 aromatic heterocycles. The second-order valence-electron chi connectivity index (χ2n) is 4.57. The number of hydrogen-bond acceptors (Lipinski definition) is 5. The Bertz CT molecular complexity index is 294. The predicted octanol–water partition coefficient (Wildman–Crippen LogP) is -0.529. The first-order valence-electron chi connectivity index (χ1n) is 5.74. The SMILES string of the molecule is COCC(O)CN(C)C(=O)C(C(N)=NO)C(C)C. The van der Waals surface area contributed by atoms with Gasteiger partial charge < -0.3 is 25.7 Å². The third-order valence-electron chi connectivity index (χ3n) is 2.59. The molecular weight excluding hydrogens is 238 g/mol. The van der Waals surface area contributed by atoms with Crippen molar-refractivity contribution < 1.29 is 19.8 Å². The van der Waals surface area contributed by atoms with Crippen molar-refractivity contribution in [3.63, 3.8) is 0 Å². The van der Waals surface area contributed by atoms with Crippen LogP contribution in [0.1, 0.15) is 13.8 Å². The van der Waals surface area contributed by atoms with Crippen molar-refractivity contribution >= 4 is 11.7 Å². The summed E-state index contributed by atoms with van der Waals surface area (Å²) < 4.78 is 4.78. The van der Waals surface area contributed by atoms with E-state index in [4.69, 9.17) is 15.7 Å². The zero-order valence-corrected chi connectivity index (χ0v) is 11.3. The number of nitrogens with two attached hydrogens (primary N) is 1. The molecule has 0 fully saturated rings. The van der Waals surface area contributed by atoms with E-state index in [9.17, 15) is 9.90 Å². The number of likely N-dealkylation sites (N-methyl/N-ethyl adjacent to an activating group) is 1. The normalized spacial score (nSPS) is 15.6. The molecule has 2 unspecified atom stereocenters. The summed E-state index contributed by atoms with van der Waals surface area (Å²) in [5.41, 5.74) is 5.51. The topological polar surface area (TPSA) is 108 Å². The highest BCUT2D eigenvalue weighted by Gasteiger charge is 2.30. The molecule has 0 aromatic carbocycles. The van der Waals surface area contributed by atoms with Crippen LogP contribution in [0.5, 0.6) is 0 Å². The highest BCUT2D eigenvalue weighted by molar-refractivity contribution is 6.02. The minimum atomic E-state index is -0.760. The fourth-order valence-corrected chi connectivity index (χ4v) is 1.70. The second-order valence-corrected chi connectivity index (χ2v) is 4.57. The van der Waals surface area contributed by atoms with Gasteiger partial charge in [0.2, 0.25) is 5.91 Å². The van der Waals surface area contributed by atoms with Gasteiger partial charge >= 0.3 is 0 Å². The maximum absolute atomic E-state index is 12.1. The standard InChI is InChI=1S/C11H23N3O4/c1-7(2)9(10(12)13-17)11(16)14(3)5-8(15)6-18-4/h7-9,15,17H,5-6H2,1-4H3,(H2,12,13). The lowest BCUT2D eigenvalue weighted by Crippen LogP contribution is -2.45. The first-order valence-corrected chi connectivity index (χ1v) is 5.74. The number of oxime groups is 1. The summed E-state index contributed by atoms with van der Waals surface area (Å²) in [5.74, 6) is -1.22. The Morgan fingerprint density at radius 1 is 1.50 bits per heavy atom. The smallest absolute Gasteiger partial charge is 0.233 e. The zero-order chi connectivity index (χ0) is 14.3. The van der Waals surface area contributed by atoms with Crippen LogP contribution in [0.4, 0.5) is 0 Å². The molecule has 106 valence electrons. The summed E-state index contributed by atoms with van der Waals surface area (Å²) in [6, 6.07) is 0. The first kappa shape index (κ1) is 16.7. The molecule has 7 heteroatoms. The Morgan fingerprint density at radius 3 is 2.44 bits per heavy atom. The molecule has 0 aliphatic carbocycles. The van der Waals surface area contributed by atoms with Gasteiger partial charge in [-0.15, -0.1) is 0 Å². The predicted molar refractivity (Wildman–Crippen MR) is 67.3 cm³/mol. The molecule has 0 saturated carbocycles. The van der Waals surface area contributed by atoms with E-state index in [1.54, 1.807) is 20.9 Å². The highest BCUT2D eigenvalue weighted by Crippen LogP contribution is 2.14. The molecule has 0 bridgehead atoms. The lowest BCUT2D eigenvalue weighted by molar-refractivity contribution is -0.134. The number of methoxy groups -OCH3 is 1. The van der Waals surface area contributed by atoms with Crippen molar-refractivity contribution in [1.82, 2.24) is 4.90 Å². The minimum Gasteiger partial charge on any atom is -0.409 e. The Morgan fingerprint density at radius 2 is 2.06 bits per heavy atom. The number of ether oxygens (including phenoxy) is 1. The van der Waals surface area contributed by atoms with Crippen molar-refractivity contribution in [3.05, 3.63) is 0 Å². The summed E-state index contributed by atoms with van der Waals surface area (Å²) in [6.07, 6.45) is -0.760. The average molecular weight is 261 g/mol. The zero-order valence-electron chi connectivity index (χ0n) is 11.3. The summed E-state index contributed by atoms with van der Waals surface area (Å²) >= 11 is 0. The van der Waals surface area contributed by atoms with Gasteiger partial charge in [0, 0.05) is 20.7 Å². The van der Waals surface area contributed by atoms with E-state index in [-0.39, 0.29) is 30.8 Å². The molecule has 0 radical (unpaired) electrons. The van der Waals surface area contributed by atoms with Crippen LogP contribution < -0.4 is 5.73 Å². The number of aliphatic hydroxyl groups excluding tert-OH is 1. The van der Waals surface area contributed by atoms with E-state index in [1.807, 2.05) is 0 Å². The number of hydrogen-bond donors (Lipinski definition) is 3. The Balaban J connectivity index is 4.68. The van der Waals surface area contributed by atoms with Gasteiger partial charge in [0.25, 0.3) is 0 Å². The molecule has 0 aliphatic rings. The number of carbonyl (C=O) groups excluding carboxylic acids is 1. The Kier molecular flexibility index (Phi) is 7.30. The van der Waals surface area contributed by atoms with Crippen molar-refractivity contribution in [2.75, 3.05) is 27.3 Å². The van der Waals surface area contributed by atoms with Crippen LogP contribution in [0, 0.1) is 11.8 Å². The highest BCUT2D eigenvalue weighted by atomic mass is 16.5. The monoisotopic (exact) mass is 261 g/mol. The van der Waals surface area contributed by atoms with E-state index < -0.39 is 12.0 Å². The first-order chi connectivity index (χ1) is 8.34. The van der Waals surface area contributed by atoms with Crippen LogP contribution in [0.2, 0.25) is 0 Å². The van der Waals surface area contributed by atoms with Gasteiger partial charge in [0.1, 0.15) is 5.92 Å². The summed E-state index contributed by atoms with van der Waals surface area (Å²) in [4.78, 5) is 13.5. The number of carbonyl (C=O) groups is 1. The molecule has 0 aromatic rings. The largest absolute Gasteiger partial charge is 0.409 e. The maximum Gasteiger partial charge on any atom is 0.233 e. The lowest BCUT2D eigenvalue weighted by atomic mass is 9.93. The molecule has 0 saturated heterocycles. The number of nitrogens with zero attached hydrogens (tertiary/aromatic N) is 2. The Hall–Kier alpha value is -1.34. The van der Waals surface area contributed by atoms with Gasteiger partial charge in [0.15, 0.2) is 5.84 Å². The van der Waals surface area contributed by atoms with Crippen LogP contribution >= 0.6 is 0 Å². The molecule has 7 nitrogen and oxygen atoms in total. The number of rotatable bonds is 7. The van der Waals surface area contributed by atoms with Crippen LogP contribution in [0.25, 0.3) is 0 Å². The van der Waals surface area contributed by atoms with Crippen LogP contribution in [-0.4, -0.2) is 60.4 Å². The fourth-order valence-electron chi connectivity index (χ4n) is 1.70. The van der Waals surface area contributed by atoms with Crippen molar-refractivity contribution in [3.8, 4) is 0 Å². The van der Waals surface area contributed by atoms with E-state index in [2.05, 4.69) is 5.16 Å². The molecule has 18 heavy (non-hydrogen) atoms. The van der Waals surface area contributed by atoms with E-state index in [0.29, 0.717) is 0 Å². The van der Waals surface area contributed by atoms with Crippen molar-refractivity contribution in [2.45, 2.75) is 20.0 Å². The van der Waals surface area contributed by atoms with E-state index in [1.165, 1.54) is 12.0 Å². The lowest BCUT2D eigenvalue weighted by Gasteiger charge is -2.26. The molecule has 2 atom stereocenters. The maximum atomic E-state index is 12.1. The quantitative estimate of drug-likeness (QED) is 0.247. The fraction of sp³-hybridized carbons (Fsp3) is 0.818. The van der Waals surface area contributed by atoms with Gasteiger partial charge in [-0.2, -0.15) is 0 Å². The molecule has 1 amide bonds. The van der Waals surface area contributed by atoms with Gasteiger partial charge in [-0.05, 0) is 5.92 Å². The van der Waals surface area contributed by atoms with E-state index >= 15 is 0 Å². The third-order valence-corrected chi connectivity index (χ3v) is 2.59. The summed E-state index contributed by atoms with van der Waals surface area (Å²) in [6.45, 7) is 3.89. The molecule has 0 rings (SSSR count). The van der Waals surface area contributed by atoms with Crippen molar-refractivity contribution in [2.24, 2.45) is 22.7 Å². The van der Waals surface area contributed by atoms with Gasteiger partial charge in [-0.25, -0.2) is 0 Å². The van der Waals surface area contributed by atoms with Crippen molar-refractivity contribution in [1.29, 1.82) is 0 Å². The van der Waals surface area contributed by atoms with Crippen LogP contribution in [0.3, 0.4) is 0 Å². The van der Waals surface area contributed by atoms with Gasteiger partial charge in [-0.3, -0.25) is 4.79 Å². The average Bonchev–Trinajstić information content (AvgIpc) is 2.28. The second kappa shape index (κ2) is 7.88. The molecular formula is C11H23N3O4. The summed E-state index contributed by atoms with van der Waals surface area (Å²) in [5, 5.41) is 21.1. The molecule has 0 aliphatic heterocycles. The van der Waals surface area contributed by atoms with Crippen LogP contribution in [-0.2, 0) is 9.53 Å². The number of amides is 1. The Labute approximate surface area is 107 Å². The molecule has 0 heterocycles.